The molecule has 0 aliphatic heterocycles. The number of ether oxygens (including phenoxy) is 1. The summed E-state index contributed by atoms with van der Waals surface area (Å²) in [5.41, 5.74) is 0.852. The highest BCUT2D eigenvalue weighted by Crippen LogP contribution is 2.26. The van der Waals surface area contributed by atoms with Crippen LogP contribution in [0, 0.1) is 0 Å². The van der Waals surface area contributed by atoms with Crippen molar-refractivity contribution in [2.24, 2.45) is 0 Å². The van der Waals surface area contributed by atoms with Crippen LogP contribution in [0.3, 0.4) is 0 Å². The van der Waals surface area contributed by atoms with Crippen molar-refractivity contribution in [2.45, 2.75) is 11.8 Å². The first kappa shape index (κ1) is 15.8. The monoisotopic (exact) mass is 320 g/mol. The lowest BCUT2D eigenvalue weighted by Crippen LogP contribution is -2.14. The minimum absolute atomic E-state index is 0.0439. The average molecular weight is 320 g/mol. The lowest BCUT2D eigenvalue weighted by molar-refractivity contribution is -0.114. The molecule has 0 radical (unpaired) electrons. The van der Waals surface area contributed by atoms with Crippen LogP contribution in [0.25, 0.3) is 0 Å². The van der Waals surface area contributed by atoms with Gasteiger partial charge in [-0.25, -0.2) is 8.42 Å². The van der Waals surface area contributed by atoms with E-state index in [-0.39, 0.29) is 16.6 Å². The number of hydrogen-bond donors (Lipinski definition) is 2. The third-order valence-corrected chi connectivity index (χ3v) is 4.21. The van der Waals surface area contributed by atoms with E-state index in [1.165, 1.54) is 26.2 Å². The summed E-state index contributed by atoms with van der Waals surface area (Å²) in [6, 6.07) is 12.8. The quantitative estimate of drug-likeness (QED) is 0.886. The second kappa shape index (κ2) is 6.48. The van der Waals surface area contributed by atoms with E-state index >= 15 is 0 Å². The first-order valence-electron chi connectivity index (χ1n) is 6.46. The van der Waals surface area contributed by atoms with Gasteiger partial charge in [-0.3, -0.25) is 9.52 Å². The van der Waals surface area contributed by atoms with E-state index in [9.17, 15) is 13.2 Å². The van der Waals surface area contributed by atoms with Gasteiger partial charge in [0.25, 0.3) is 10.0 Å². The molecule has 2 rings (SSSR count). The molecular formula is C15H16N2O4S. The molecule has 0 unspecified atom stereocenters. The molecule has 0 spiro atoms. The van der Waals surface area contributed by atoms with Gasteiger partial charge in [0.2, 0.25) is 5.91 Å². The molecule has 2 aromatic rings. The Labute approximate surface area is 129 Å². The fraction of sp³-hybridized carbons (Fsp3) is 0.133. The van der Waals surface area contributed by atoms with Crippen molar-refractivity contribution in [1.29, 1.82) is 0 Å². The molecule has 0 saturated heterocycles. The number of rotatable bonds is 5. The lowest BCUT2D eigenvalue weighted by Gasteiger charge is -2.12. The Morgan fingerprint density at radius 1 is 1.05 bits per heavy atom. The molecule has 0 aliphatic rings. The van der Waals surface area contributed by atoms with Crippen molar-refractivity contribution in [1.82, 2.24) is 0 Å². The Morgan fingerprint density at radius 2 is 1.73 bits per heavy atom. The number of carbonyl (C=O) groups is 1. The summed E-state index contributed by atoms with van der Waals surface area (Å²) in [5.74, 6) is 0.0257. The summed E-state index contributed by atoms with van der Waals surface area (Å²) in [6.45, 7) is 1.38. The van der Waals surface area contributed by atoms with Gasteiger partial charge in [0.1, 0.15) is 10.6 Å². The number of amides is 1. The van der Waals surface area contributed by atoms with E-state index in [1.54, 1.807) is 36.4 Å². The fourth-order valence-electron chi connectivity index (χ4n) is 1.91. The predicted molar refractivity (Wildman–Crippen MR) is 84.5 cm³/mol. The predicted octanol–water partition coefficient (Wildman–Crippen LogP) is 2.45. The summed E-state index contributed by atoms with van der Waals surface area (Å²) in [6.07, 6.45) is 0. The molecule has 0 saturated carbocycles. The lowest BCUT2D eigenvalue weighted by atomic mass is 10.3. The number of para-hydroxylation sites is 1. The van der Waals surface area contributed by atoms with Gasteiger partial charge >= 0.3 is 0 Å². The third kappa shape index (κ3) is 3.76. The van der Waals surface area contributed by atoms with Gasteiger partial charge in [-0.05, 0) is 30.3 Å². The molecule has 0 heterocycles. The molecule has 0 bridgehead atoms. The van der Waals surface area contributed by atoms with Crippen LogP contribution in [0.5, 0.6) is 5.75 Å². The van der Waals surface area contributed by atoms with E-state index in [4.69, 9.17) is 4.74 Å². The van der Waals surface area contributed by atoms with Crippen molar-refractivity contribution in [3.8, 4) is 5.75 Å². The van der Waals surface area contributed by atoms with Gasteiger partial charge in [-0.1, -0.05) is 18.2 Å². The van der Waals surface area contributed by atoms with Crippen LogP contribution in [-0.2, 0) is 14.8 Å². The van der Waals surface area contributed by atoms with Crippen LogP contribution in [0.4, 0.5) is 11.4 Å². The van der Waals surface area contributed by atoms with Gasteiger partial charge in [-0.15, -0.1) is 0 Å². The minimum atomic E-state index is -3.79. The molecule has 0 aromatic heterocycles. The van der Waals surface area contributed by atoms with Crippen LogP contribution in [0.1, 0.15) is 6.92 Å². The Balaban J connectivity index is 2.31. The number of carbonyl (C=O) groups excluding carboxylic acids is 1. The number of benzene rings is 2. The standard InChI is InChI=1S/C15H16N2O4S/c1-11(18)16-12-6-5-7-13(10-12)17-22(19,20)15-9-4-3-8-14(15)21-2/h3-10,17H,1-2H3,(H,16,18). The third-order valence-electron chi connectivity index (χ3n) is 2.79. The highest BCUT2D eigenvalue weighted by molar-refractivity contribution is 7.92. The molecule has 22 heavy (non-hydrogen) atoms. The van der Waals surface area contributed by atoms with Gasteiger partial charge in [0.05, 0.1) is 12.8 Å². The Bertz CT molecular complexity index is 788. The maximum Gasteiger partial charge on any atom is 0.265 e. The van der Waals surface area contributed by atoms with E-state index in [0.29, 0.717) is 11.4 Å². The summed E-state index contributed by atoms with van der Waals surface area (Å²) < 4.78 is 32.4. The van der Waals surface area contributed by atoms with Crippen molar-refractivity contribution in [3.05, 3.63) is 48.5 Å². The van der Waals surface area contributed by atoms with E-state index in [0.717, 1.165) is 0 Å². The molecule has 6 nitrogen and oxygen atoms in total. The van der Waals surface area contributed by atoms with Crippen molar-refractivity contribution in [3.63, 3.8) is 0 Å². The number of nitrogens with one attached hydrogen (secondary N) is 2. The minimum Gasteiger partial charge on any atom is -0.495 e. The summed E-state index contributed by atoms with van der Waals surface area (Å²) in [7, 11) is -2.38. The second-order valence-corrected chi connectivity index (χ2v) is 6.17. The van der Waals surface area contributed by atoms with E-state index < -0.39 is 10.0 Å². The fourth-order valence-corrected chi connectivity index (χ4v) is 3.14. The smallest absolute Gasteiger partial charge is 0.265 e. The topological polar surface area (TPSA) is 84.5 Å². The summed E-state index contributed by atoms with van der Waals surface area (Å²) in [5, 5.41) is 2.59. The molecule has 2 N–H and O–H groups in total. The molecule has 0 atom stereocenters. The Hall–Kier alpha value is -2.54. The maximum atomic E-state index is 12.4. The van der Waals surface area contributed by atoms with Crippen LogP contribution in [0.15, 0.2) is 53.4 Å². The van der Waals surface area contributed by atoms with Crippen LogP contribution < -0.4 is 14.8 Å². The first-order chi connectivity index (χ1) is 10.4. The summed E-state index contributed by atoms with van der Waals surface area (Å²) in [4.78, 5) is 11.1. The van der Waals surface area contributed by atoms with E-state index in [2.05, 4.69) is 10.0 Å². The number of anilines is 2. The zero-order valence-corrected chi connectivity index (χ0v) is 13.0. The molecule has 7 heteroatoms. The van der Waals surface area contributed by atoms with Crippen LogP contribution >= 0.6 is 0 Å². The highest BCUT2D eigenvalue weighted by atomic mass is 32.2. The largest absolute Gasteiger partial charge is 0.495 e. The average Bonchev–Trinajstić information content (AvgIpc) is 2.46. The van der Waals surface area contributed by atoms with Gasteiger partial charge in [-0.2, -0.15) is 0 Å². The van der Waals surface area contributed by atoms with E-state index in [1.807, 2.05) is 0 Å². The zero-order chi connectivity index (χ0) is 16.2. The Kier molecular flexibility index (Phi) is 4.67. The van der Waals surface area contributed by atoms with Crippen LogP contribution in [-0.4, -0.2) is 21.4 Å². The van der Waals surface area contributed by atoms with Crippen molar-refractivity contribution >= 4 is 27.3 Å². The normalized spacial score (nSPS) is 10.8. The molecule has 2 aromatic carbocycles. The summed E-state index contributed by atoms with van der Waals surface area (Å²) >= 11 is 0. The molecule has 116 valence electrons. The first-order valence-corrected chi connectivity index (χ1v) is 7.94. The van der Waals surface area contributed by atoms with Crippen molar-refractivity contribution < 1.29 is 17.9 Å². The van der Waals surface area contributed by atoms with Gasteiger partial charge in [0.15, 0.2) is 0 Å². The SMILES string of the molecule is COc1ccccc1S(=O)(=O)Nc1cccc(NC(C)=O)c1. The number of hydrogen-bond acceptors (Lipinski definition) is 4. The second-order valence-electron chi connectivity index (χ2n) is 4.52. The maximum absolute atomic E-state index is 12.4. The van der Waals surface area contributed by atoms with Gasteiger partial charge < -0.3 is 10.1 Å². The molecule has 1 amide bonds. The number of sulfonamides is 1. The molecule has 0 aliphatic carbocycles. The van der Waals surface area contributed by atoms with Crippen molar-refractivity contribution in [2.75, 3.05) is 17.1 Å². The Morgan fingerprint density at radius 3 is 2.41 bits per heavy atom. The molecule has 0 fully saturated rings. The van der Waals surface area contributed by atoms with Crippen LogP contribution in [0.2, 0.25) is 0 Å². The van der Waals surface area contributed by atoms with Gasteiger partial charge in [0, 0.05) is 12.6 Å². The number of methoxy groups -OCH3 is 1. The zero-order valence-electron chi connectivity index (χ0n) is 12.2. The molecular weight excluding hydrogens is 304 g/mol. The highest BCUT2D eigenvalue weighted by Gasteiger charge is 2.19.